The van der Waals surface area contributed by atoms with Crippen molar-refractivity contribution in [3.8, 4) is 0 Å². The number of nitrogens with one attached hydrogen (secondary N) is 2. The molecule has 0 bridgehead atoms. The maximum atomic E-state index is 12.9. The number of benzene rings is 2. The van der Waals surface area contributed by atoms with Crippen molar-refractivity contribution in [3.05, 3.63) is 65.7 Å². The predicted octanol–water partition coefficient (Wildman–Crippen LogP) is 3.91. The zero-order chi connectivity index (χ0) is 21.6. The number of carbonyl (C=O) groups is 3. The van der Waals surface area contributed by atoms with Crippen LogP contribution in [-0.4, -0.2) is 34.8 Å². The Morgan fingerprint density at radius 1 is 1.00 bits per heavy atom. The monoisotopic (exact) mass is 407 g/mol. The number of amides is 4. The van der Waals surface area contributed by atoms with E-state index in [2.05, 4.69) is 17.6 Å². The zero-order valence-corrected chi connectivity index (χ0v) is 17.6. The largest absolute Gasteiger partial charge is 0.325 e. The van der Waals surface area contributed by atoms with Gasteiger partial charge in [-0.1, -0.05) is 55.8 Å². The van der Waals surface area contributed by atoms with Crippen LogP contribution in [-0.2, 0) is 22.4 Å². The molecule has 30 heavy (non-hydrogen) atoms. The summed E-state index contributed by atoms with van der Waals surface area (Å²) in [7, 11) is 0. The lowest BCUT2D eigenvalue weighted by atomic mass is 9.93. The highest BCUT2D eigenvalue weighted by Gasteiger charge is 2.47. The minimum atomic E-state index is -1.01. The first-order chi connectivity index (χ1) is 14.4. The van der Waals surface area contributed by atoms with Crippen molar-refractivity contribution in [2.24, 2.45) is 0 Å². The van der Waals surface area contributed by atoms with E-state index in [9.17, 15) is 14.4 Å². The number of anilines is 1. The van der Waals surface area contributed by atoms with Crippen molar-refractivity contribution in [1.82, 2.24) is 10.2 Å². The molecule has 0 aliphatic carbocycles. The molecule has 2 N–H and O–H groups in total. The van der Waals surface area contributed by atoms with Gasteiger partial charge in [-0.3, -0.25) is 14.5 Å². The molecule has 158 valence electrons. The van der Waals surface area contributed by atoms with Crippen LogP contribution < -0.4 is 10.6 Å². The van der Waals surface area contributed by atoms with Crippen LogP contribution in [0.4, 0.5) is 10.5 Å². The van der Waals surface area contributed by atoms with E-state index < -0.39 is 17.5 Å². The van der Waals surface area contributed by atoms with E-state index in [1.807, 2.05) is 54.6 Å². The molecular formula is C24H29N3O3. The van der Waals surface area contributed by atoms with E-state index in [-0.39, 0.29) is 12.5 Å². The van der Waals surface area contributed by atoms with Crippen LogP contribution in [0.2, 0.25) is 0 Å². The highest BCUT2D eigenvalue weighted by molar-refractivity contribution is 6.09. The number of hydrogen-bond donors (Lipinski definition) is 2. The van der Waals surface area contributed by atoms with E-state index in [1.165, 1.54) is 5.56 Å². The second-order valence-electron chi connectivity index (χ2n) is 7.99. The van der Waals surface area contributed by atoms with Crippen LogP contribution >= 0.6 is 0 Å². The average Bonchev–Trinajstić information content (AvgIpc) is 2.96. The van der Waals surface area contributed by atoms with E-state index in [0.717, 1.165) is 29.7 Å². The van der Waals surface area contributed by atoms with Crippen LogP contribution in [0.3, 0.4) is 0 Å². The van der Waals surface area contributed by atoms with Crippen molar-refractivity contribution in [2.45, 2.75) is 51.5 Å². The number of carbonyl (C=O) groups excluding carboxylic acids is 3. The van der Waals surface area contributed by atoms with Gasteiger partial charge in [0.15, 0.2) is 0 Å². The summed E-state index contributed by atoms with van der Waals surface area (Å²) in [5, 5.41) is 5.52. The van der Waals surface area contributed by atoms with Gasteiger partial charge in [-0.2, -0.15) is 0 Å². The molecule has 4 amide bonds. The van der Waals surface area contributed by atoms with E-state index in [4.69, 9.17) is 0 Å². The maximum absolute atomic E-state index is 12.9. The summed E-state index contributed by atoms with van der Waals surface area (Å²) in [5.74, 6) is -0.763. The van der Waals surface area contributed by atoms with E-state index in [0.29, 0.717) is 18.5 Å². The molecule has 2 aromatic rings. The van der Waals surface area contributed by atoms with Crippen molar-refractivity contribution >= 4 is 23.5 Å². The third-order valence-electron chi connectivity index (χ3n) is 5.46. The molecule has 1 fully saturated rings. The van der Waals surface area contributed by atoms with Gasteiger partial charge in [0.1, 0.15) is 12.1 Å². The molecule has 1 aliphatic heterocycles. The van der Waals surface area contributed by atoms with Crippen molar-refractivity contribution < 1.29 is 14.4 Å². The molecule has 0 saturated carbocycles. The van der Waals surface area contributed by atoms with Gasteiger partial charge in [-0.15, -0.1) is 0 Å². The Morgan fingerprint density at radius 3 is 2.33 bits per heavy atom. The summed E-state index contributed by atoms with van der Waals surface area (Å²) < 4.78 is 0. The zero-order valence-electron chi connectivity index (χ0n) is 17.6. The molecule has 2 aromatic carbocycles. The molecule has 0 radical (unpaired) electrons. The fourth-order valence-electron chi connectivity index (χ4n) is 3.58. The first-order valence-corrected chi connectivity index (χ1v) is 10.5. The highest BCUT2D eigenvalue weighted by atomic mass is 16.2. The lowest BCUT2D eigenvalue weighted by Gasteiger charge is -2.21. The Hall–Kier alpha value is -3.15. The molecule has 1 atom stereocenters. The Labute approximate surface area is 177 Å². The summed E-state index contributed by atoms with van der Waals surface area (Å²) in [6, 6.07) is 16.9. The summed E-state index contributed by atoms with van der Waals surface area (Å²) in [6.07, 6.45) is 4.40. The smallest absolute Gasteiger partial charge is 0.325 e. The van der Waals surface area contributed by atoms with Crippen LogP contribution in [0.5, 0.6) is 0 Å². The fourth-order valence-corrected chi connectivity index (χ4v) is 3.58. The highest BCUT2D eigenvalue weighted by Crippen LogP contribution is 2.23. The van der Waals surface area contributed by atoms with Crippen LogP contribution in [0.15, 0.2) is 54.6 Å². The Bertz CT molecular complexity index is 896. The molecule has 0 unspecified atom stereocenters. The topological polar surface area (TPSA) is 78.5 Å². The predicted molar refractivity (Wildman–Crippen MR) is 117 cm³/mol. The molecule has 6 heteroatoms. The third-order valence-corrected chi connectivity index (χ3v) is 5.46. The van der Waals surface area contributed by atoms with Gasteiger partial charge >= 0.3 is 6.03 Å². The molecule has 0 aromatic heterocycles. The van der Waals surface area contributed by atoms with Crippen molar-refractivity contribution in [3.63, 3.8) is 0 Å². The summed E-state index contributed by atoms with van der Waals surface area (Å²) >= 11 is 0. The second-order valence-corrected chi connectivity index (χ2v) is 7.99. The lowest BCUT2D eigenvalue weighted by molar-refractivity contribution is -0.133. The van der Waals surface area contributed by atoms with Gasteiger partial charge in [-0.05, 0) is 55.9 Å². The average molecular weight is 408 g/mol. The fraction of sp³-hybridized carbons (Fsp3) is 0.375. The Morgan fingerprint density at radius 2 is 1.67 bits per heavy atom. The van der Waals surface area contributed by atoms with Crippen LogP contribution in [0.1, 0.15) is 44.2 Å². The van der Waals surface area contributed by atoms with Crippen molar-refractivity contribution in [2.75, 3.05) is 11.9 Å². The molecule has 0 spiro atoms. The summed E-state index contributed by atoms with van der Waals surface area (Å²) in [6.45, 7) is 3.56. The minimum Gasteiger partial charge on any atom is -0.325 e. The number of rotatable bonds is 9. The Kier molecular flexibility index (Phi) is 6.87. The number of nitrogens with zero attached hydrogens (tertiary/aromatic N) is 1. The van der Waals surface area contributed by atoms with E-state index in [1.54, 1.807) is 6.92 Å². The number of urea groups is 1. The summed E-state index contributed by atoms with van der Waals surface area (Å²) in [5.41, 5.74) is 1.96. The van der Waals surface area contributed by atoms with Gasteiger partial charge in [0, 0.05) is 5.69 Å². The molecule has 3 rings (SSSR count). The SMILES string of the molecule is CCCCc1ccc(NC(=O)CN2C(=O)N[C@](C)(CCc3ccccc3)C2=O)cc1. The van der Waals surface area contributed by atoms with Gasteiger partial charge < -0.3 is 10.6 Å². The number of hydrogen-bond acceptors (Lipinski definition) is 3. The van der Waals surface area contributed by atoms with Gasteiger partial charge in [-0.25, -0.2) is 4.79 Å². The summed E-state index contributed by atoms with van der Waals surface area (Å²) in [4.78, 5) is 38.6. The quantitative estimate of drug-likeness (QED) is 0.619. The molecular weight excluding hydrogens is 378 g/mol. The maximum Gasteiger partial charge on any atom is 0.325 e. The first kappa shape index (κ1) is 21.6. The Balaban J connectivity index is 1.56. The van der Waals surface area contributed by atoms with E-state index >= 15 is 0 Å². The van der Waals surface area contributed by atoms with Crippen molar-refractivity contribution in [1.29, 1.82) is 0 Å². The van der Waals surface area contributed by atoms with Gasteiger partial charge in [0.25, 0.3) is 5.91 Å². The standard InChI is InChI=1S/C24H29N3O3/c1-3-4-8-19-11-13-20(14-12-19)25-21(28)17-27-22(29)24(2,26-23(27)30)16-15-18-9-6-5-7-10-18/h5-7,9-14H,3-4,8,15-17H2,1-2H3,(H,25,28)(H,26,30)/t24-/m1/s1. The minimum absolute atomic E-state index is 0.302. The number of aryl methyl sites for hydroxylation is 2. The first-order valence-electron chi connectivity index (χ1n) is 10.5. The van der Waals surface area contributed by atoms with Gasteiger partial charge in [0.2, 0.25) is 5.91 Å². The van der Waals surface area contributed by atoms with Crippen LogP contribution in [0, 0.1) is 0 Å². The number of imide groups is 1. The second kappa shape index (κ2) is 9.57. The lowest BCUT2D eigenvalue weighted by Crippen LogP contribution is -2.45. The molecule has 1 saturated heterocycles. The normalized spacial score (nSPS) is 18.4. The molecule has 6 nitrogen and oxygen atoms in total. The van der Waals surface area contributed by atoms with Gasteiger partial charge in [0.05, 0.1) is 0 Å². The molecule has 1 aliphatic rings. The third kappa shape index (κ3) is 5.26. The number of unbranched alkanes of at least 4 members (excludes halogenated alkanes) is 1. The van der Waals surface area contributed by atoms with Crippen LogP contribution in [0.25, 0.3) is 0 Å². The molecule has 1 heterocycles.